The highest BCUT2D eigenvalue weighted by Crippen LogP contribution is 2.61. The van der Waals surface area contributed by atoms with E-state index in [1.807, 2.05) is 0 Å². The summed E-state index contributed by atoms with van der Waals surface area (Å²) in [4.78, 5) is 2.63. The van der Waals surface area contributed by atoms with E-state index < -0.39 is 0 Å². The summed E-state index contributed by atoms with van der Waals surface area (Å²) in [6, 6.07) is 5.10. The Morgan fingerprint density at radius 3 is 2.03 bits per heavy atom. The molecule has 4 bridgehead atoms. The van der Waals surface area contributed by atoms with E-state index in [0.29, 0.717) is 5.92 Å². The van der Waals surface area contributed by atoms with Crippen LogP contribution >= 0.6 is 35.6 Å². The molecule has 0 heterocycles. The second kappa shape index (κ2) is 10.4. The van der Waals surface area contributed by atoms with Crippen LogP contribution in [0.1, 0.15) is 88.2 Å². The maximum atomic E-state index is 6.89. The summed E-state index contributed by atoms with van der Waals surface area (Å²) in [5.74, 6) is 4.18. The molecular weight excluding hydrogens is 445 g/mol. The van der Waals surface area contributed by atoms with Crippen LogP contribution in [-0.2, 0) is 0 Å². The van der Waals surface area contributed by atoms with Gasteiger partial charge < -0.3 is 0 Å². The fourth-order valence-electron chi connectivity index (χ4n) is 7.72. The molecule has 5 saturated carbocycles. The Kier molecular flexibility index (Phi) is 8.01. The topological polar surface area (TPSA) is 3.24 Å². The Labute approximate surface area is 205 Å². The van der Waals surface area contributed by atoms with Crippen LogP contribution in [0.4, 0.5) is 0 Å². The summed E-state index contributed by atoms with van der Waals surface area (Å²) in [5, 5.41) is 1.80. The highest BCUT2D eigenvalue weighted by atomic mass is 35.5. The molecule has 4 heteroatoms. The van der Waals surface area contributed by atoms with Gasteiger partial charge in [-0.05, 0) is 104 Å². The van der Waals surface area contributed by atoms with Gasteiger partial charge in [-0.1, -0.05) is 61.5 Å². The number of hydrogen-bond donors (Lipinski definition) is 0. The largest absolute Gasteiger partial charge is 0.297 e. The van der Waals surface area contributed by atoms with Crippen LogP contribution in [0, 0.1) is 23.7 Å². The minimum absolute atomic E-state index is 0. The summed E-state index contributed by atoms with van der Waals surface area (Å²) in [6.07, 6.45) is 18.5. The Balaban J connectivity index is 0.00000231. The third-order valence-electron chi connectivity index (χ3n) is 8.81. The Hall–Kier alpha value is -0.210. The van der Waals surface area contributed by atoms with Crippen molar-refractivity contribution < 1.29 is 0 Å². The van der Waals surface area contributed by atoms with E-state index in [0.717, 1.165) is 58.4 Å². The van der Waals surface area contributed by atoms with Crippen molar-refractivity contribution in [3.8, 4) is 0 Å². The third kappa shape index (κ3) is 5.01. The molecule has 1 aromatic carbocycles. The smallest absolute Gasteiger partial charge is 0.0461 e. The molecule has 0 unspecified atom stereocenters. The van der Waals surface area contributed by atoms with Gasteiger partial charge in [-0.15, -0.1) is 12.4 Å². The minimum atomic E-state index is 0. The van der Waals surface area contributed by atoms with Crippen molar-refractivity contribution in [2.75, 3.05) is 13.1 Å². The van der Waals surface area contributed by atoms with Crippen LogP contribution in [0.3, 0.4) is 0 Å². The molecule has 1 aromatic rings. The van der Waals surface area contributed by atoms with Crippen molar-refractivity contribution in [3.05, 3.63) is 39.4 Å². The molecular formula is C27H38Cl3N. The van der Waals surface area contributed by atoms with Crippen molar-refractivity contribution >= 4 is 41.7 Å². The van der Waals surface area contributed by atoms with Gasteiger partial charge in [0.05, 0.1) is 0 Å². The molecule has 5 fully saturated rings. The number of rotatable bonds is 6. The Bertz CT molecular complexity index is 732. The second-order valence-electron chi connectivity index (χ2n) is 10.6. The van der Waals surface area contributed by atoms with Gasteiger partial charge in [0, 0.05) is 22.6 Å². The van der Waals surface area contributed by atoms with Crippen LogP contribution < -0.4 is 0 Å². The van der Waals surface area contributed by atoms with Crippen molar-refractivity contribution in [1.82, 2.24) is 4.90 Å². The van der Waals surface area contributed by atoms with E-state index in [9.17, 15) is 0 Å². The van der Waals surface area contributed by atoms with Gasteiger partial charge in [0.15, 0.2) is 0 Å². The molecule has 0 N–H and O–H groups in total. The lowest BCUT2D eigenvalue weighted by Gasteiger charge is -2.55. The first-order valence-corrected chi connectivity index (χ1v) is 13.3. The summed E-state index contributed by atoms with van der Waals surface area (Å²) in [6.45, 7) is 4.44. The molecule has 172 valence electrons. The van der Waals surface area contributed by atoms with E-state index in [2.05, 4.69) is 36.1 Å². The van der Waals surface area contributed by atoms with E-state index in [4.69, 9.17) is 23.2 Å². The number of halogens is 3. The number of benzene rings is 1. The fourth-order valence-corrected chi connectivity index (χ4v) is 8.48. The molecule has 0 amide bonds. The molecule has 0 atom stereocenters. The van der Waals surface area contributed by atoms with Crippen molar-refractivity contribution in [2.45, 2.75) is 83.1 Å². The van der Waals surface area contributed by atoms with E-state index >= 15 is 0 Å². The van der Waals surface area contributed by atoms with Crippen LogP contribution in [0.25, 0.3) is 6.08 Å². The zero-order chi connectivity index (χ0) is 20.7. The second-order valence-corrected chi connectivity index (χ2v) is 11.5. The van der Waals surface area contributed by atoms with Crippen molar-refractivity contribution in [3.63, 3.8) is 0 Å². The Morgan fingerprint density at radius 1 is 0.903 bits per heavy atom. The fraction of sp³-hybridized carbons (Fsp3) is 0.704. The average molecular weight is 483 g/mol. The lowest BCUT2D eigenvalue weighted by Crippen LogP contribution is -2.43. The first-order valence-electron chi connectivity index (χ1n) is 12.5. The lowest BCUT2D eigenvalue weighted by atomic mass is 9.50. The maximum absolute atomic E-state index is 6.89. The Morgan fingerprint density at radius 2 is 1.48 bits per heavy atom. The van der Waals surface area contributed by atoms with Crippen LogP contribution in [-0.4, -0.2) is 24.0 Å². The maximum Gasteiger partial charge on any atom is 0.0461 e. The SMILES string of the molecule is CCN(C/C=C\c1cc(Cl)c(C2C3CC4CC(C3)CC2C4)c(Cl)c1)C1CCCCC1.Cl. The molecule has 0 spiro atoms. The molecule has 1 nitrogen and oxygen atoms in total. The van der Waals surface area contributed by atoms with Gasteiger partial charge in [0.2, 0.25) is 0 Å². The summed E-state index contributed by atoms with van der Waals surface area (Å²) < 4.78 is 0. The molecule has 0 radical (unpaired) electrons. The lowest BCUT2D eigenvalue weighted by molar-refractivity contribution is -0.00272. The van der Waals surface area contributed by atoms with Gasteiger partial charge in [-0.2, -0.15) is 0 Å². The molecule has 0 aromatic heterocycles. The van der Waals surface area contributed by atoms with E-state index in [-0.39, 0.29) is 12.4 Å². The molecule has 31 heavy (non-hydrogen) atoms. The van der Waals surface area contributed by atoms with Gasteiger partial charge in [-0.25, -0.2) is 0 Å². The quantitative estimate of drug-likeness (QED) is 0.392. The molecule has 5 aliphatic rings. The van der Waals surface area contributed by atoms with Crippen LogP contribution in [0.5, 0.6) is 0 Å². The molecule has 0 aliphatic heterocycles. The third-order valence-corrected chi connectivity index (χ3v) is 9.43. The normalized spacial score (nSPS) is 32.7. The monoisotopic (exact) mass is 481 g/mol. The van der Waals surface area contributed by atoms with Gasteiger partial charge in [0.25, 0.3) is 0 Å². The zero-order valence-corrected chi connectivity index (χ0v) is 21.2. The van der Waals surface area contributed by atoms with Gasteiger partial charge >= 0.3 is 0 Å². The van der Waals surface area contributed by atoms with Gasteiger partial charge in [0.1, 0.15) is 0 Å². The van der Waals surface area contributed by atoms with Crippen LogP contribution in [0.2, 0.25) is 10.0 Å². The standard InChI is InChI=1S/C27H37Cl2N.ClH/c1-2-30(23-8-4-3-5-9-23)10-6-7-18-16-24(28)27(25(29)17-18)26-21-12-19-11-20(14-21)15-22(26)13-19;/h6-7,16-17,19-23,26H,2-5,8-15H2,1H3;1H/b7-6-;. The molecule has 0 saturated heterocycles. The predicted molar refractivity (Wildman–Crippen MR) is 137 cm³/mol. The number of hydrogen-bond acceptors (Lipinski definition) is 1. The van der Waals surface area contributed by atoms with E-state index in [1.54, 1.807) is 0 Å². The summed E-state index contributed by atoms with van der Waals surface area (Å²) >= 11 is 13.8. The van der Waals surface area contributed by atoms with Crippen molar-refractivity contribution in [1.29, 1.82) is 0 Å². The molecule has 5 aliphatic carbocycles. The predicted octanol–water partition coefficient (Wildman–Crippen LogP) is 8.62. The highest BCUT2D eigenvalue weighted by Gasteiger charge is 2.49. The minimum Gasteiger partial charge on any atom is -0.297 e. The van der Waals surface area contributed by atoms with Crippen LogP contribution in [0.15, 0.2) is 18.2 Å². The number of nitrogens with zero attached hydrogens (tertiary/aromatic N) is 1. The molecule has 6 rings (SSSR count). The van der Waals surface area contributed by atoms with Gasteiger partial charge in [-0.3, -0.25) is 4.90 Å². The zero-order valence-electron chi connectivity index (χ0n) is 18.9. The highest BCUT2D eigenvalue weighted by molar-refractivity contribution is 6.36. The summed E-state index contributed by atoms with van der Waals surface area (Å²) in [5.41, 5.74) is 2.42. The van der Waals surface area contributed by atoms with E-state index in [1.165, 1.54) is 69.8 Å². The average Bonchev–Trinajstić information content (AvgIpc) is 2.73. The number of likely N-dealkylation sites (N-methyl/N-ethyl adjacent to an activating group) is 1. The summed E-state index contributed by atoms with van der Waals surface area (Å²) in [7, 11) is 0. The van der Waals surface area contributed by atoms with Crippen molar-refractivity contribution in [2.24, 2.45) is 23.7 Å². The first-order chi connectivity index (χ1) is 14.6. The first kappa shape index (κ1) is 23.9.